The molecule has 472 valence electrons. The first kappa shape index (κ1) is 72.7. The van der Waals surface area contributed by atoms with E-state index in [1.807, 2.05) is 0 Å². The Morgan fingerprint density at radius 1 is 0.612 bits per heavy atom. The molecule has 0 unspecified atom stereocenters. The fourth-order valence-corrected chi connectivity index (χ4v) is 8.13. The number of imidazole rings is 1. The van der Waals surface area contributed by atoms with E-state index in [2.05, 4.69) is 80.8 Å². The average molecular weight is 1220 g/mol. The predicted molar refractivity (Wildman–Crippen MR) is 308 cm³/mol. The largest absolute Gasteiger partial charge is 0.481 e. The second kappa shape index (κ2) is 36.3. The third-order valence-corrected chi connectivity index (χ3v) is 12.9. The molecule has 0 saturated heterocycles. The molecule has 12 atom stereocenters. The van der Waals surface area contributed by atoms with Crippen LogP contribution in [0.1, 0.15) is 85.4 Å². The number of nitrogens with one attached hydrogen (secondary N) is 11. The molecule has 21 N–H and O–H groups in total. The van der Waals surface area contributed by atoms with Gasteiger partial charge in [0.1, 0.15) is 60.4 Å². The number of guanidine groups is 1. The lowest BCUT2D eigenvalue weighted by Crippen LogP contribution is -2.61. The Kier molecular flexibility index (Phi) is 31.0. The highest BCUT2D eigenvalue weighted by Crippen LogP contribution is 2.11. The van der Waals surface area contributed by atoms with Crippen LogP contribution in [0.4, 0.5) is 0 Å². The number of hydrogen-bond acceptors (Lipinski definition) is 18. The van der Waals surface area contributed by atoms with Crippen LogP contribution in [0.5, 0.6) is 0 Å². The van der Waals surface area contributed by atoms with Crippen LogP contribution in [0.25, 0.3) is 0 Å². The summed E-state index contributed by atoms with van der Waals surface area (Å²) in [4.78, 5) is 170. The Hall–Kier alpha value is -8.43. The lowest BCUT2D eigenvalue weighted by atomic mass is 10.0. The molecule has 10 amide bonds. The predicted octanol–water partition coefficient (Wildman–Crippen LogP) is -5.97. The molecule has 1 aromatic carbocycles. The van der Waals surface area contributed by atoms with Crippen LogP contribution >= 0.6 is 12.6 Å². The van der Waals surface area contributed by atoms with Crippen molar-refractivity contribution in [1.82, 2.24) is 63.1 Å². The zero-order chi connectivity index (χ0) is 64.2. The third kappa shape index (κ3) is 26.4. The number of benzene rings is 1. The van der Waals surface area contributed by atoms with E-state index in [9.17, 15) is 78.0 Å². The van der Waals surface area contributed by atoms with Crippen molar-refractivity contribution in [2.24, 2.45) is 34.0 Å². The summed E-state index contributed by atoms with van der Waals surface area (Å²) in [5, 5.41) is 63.8. The summed E-state index contributed by atoms with van der Waals surface area (Å²) < 4.78 is 0. The molecule has 1 aromatic heterocycles. The number of H-pyrrole nitrogens is 1. The lowest BCUT2D eigenvalue weighted by molar-refractivity contribution is -0.143. The molecule has 85 heavy (non-hydrogen) atoms. The number of aromatic amines is 1. The first-order chi connectivity index (χ1) is 39.8. The number of carboxylic acid groups (broad SMARTS) is 2. The van der Waals surface area contributed by atoms with E-state index in [0.29, 0.717) is 5.56 Å². The van der Waals surface area contributed by atoms with E-state index in [1.54, 1.807) is 44.2 Å². The number of aliphatic hydroxyl groups excluding tert-OH is 2. The van der Waals surface area contributed by atoms with E-state index in [-0.39, 0.29) is 62.0 Å². The number of carbonyl (C=O) groups is 12. The minimum atomic E-state index is -1.91. The third-order valence-electron chi connectivity index (χ3n) is 12.6. The molecule has 0 aliphatic heterocycles. The maximum absolute atomic E-state index is 14.0. The first-order valence-electron chi connectivity index (χ1n) is 27.1. The van der Waals surface area contributed by atoms with Gasteiger partial charge in [0.2, 0.25) is 59.1 Å². The van der Waals surface area contributed by atoms with Crippen LogP contribution < -0.4 is 70.4 Å². The molecule has 2 aromatic rings. The fraction of sp³-hybridized carbons (Fsp3) is 0.577. The van der Waals surface area contributed by atoms with Crippen molar-refractivity contribution in [2.45, 2.75) is 160 Å². The van der Waals surface area contributed by atoms with Gasteiger partial charge in [-0.2, -0.15) is 12.6 Å². The summed E-state index contributed by atoms with van der Waals surface area (Å²) in [6, 6.07) is -6.65. The summed E-state index contributed by atoms with van der Waals surface area (Å²) in [5.41, 5.74) is 17.4. The average Bonchev–Trinajstić information content (AvgIpc) is 4.08. The van der Waals surface area contributed by atoms with E-state index < -0.39 is 163 Å². The minimum absolute atomic E-state index is 0.00207. The first-order valence-corrected chi connectivity index (χ1v) is 27.7. The smallest absolute Gasteiger partial charge is 0.326 e. The monoisotopic (exact) mass is 1220 g/mol. The number of thiol groups is 1. The molecule has 0 aliphatic carbocycles. The van der Waals surface area contributed by atoms with Crippen LogP contribution in [0, 0.1) is 11.8 Å². The van der Waals surface area contributed by atoms with E-state index in [0.717, 1.165) is 0 Å². The Labute approximate surface area is 495 Å². The molecule has 2 rings (SSSR count). The van der Waals surface area contributed by atoms with Gasteiger partial charge in [-0.3, -0.25) is 57.7 Å². The number of rotatable bonds is 37. The summed E-state index contributed by atoms with van der Waals surface area (Å²) in [6.07, 6.45) is -1.76. The molecule has 0 spiro atoms. The van der Waals surface area contributed by atoms with Gasteiger partial charge in [0, 0.05) is 37.0 Å². The minimum Gasteiger partial charge on any atom is -0.481 e. The van der Waals surface area contributed by atoms with Gasteiger partial charge in [-0.15, -0.1) is 0 Å². The second-order valence-corrected chi connectivity index (χ2v) is 21.1. The number of aliphatic carboxylic acids is 2. The van der Waals surface area contributed by atoms with Crippen LogP contribution in [-0.2, 0) is 70.4 Å². The summed E-state index contributed by atoms with van der Waals surface area (Å²) >= 11 is 4.11. The second-order valence-electron chi connectivity index (χ2n) is 20.8. The number of amides is 10. The highest BCUT2D eigenvalue weighted by molar-refractivity contribution is 7.80. The number of nitrogens with two attached hydrogens (primary N) is 3. The van der Waals surface area contributed by atoms with E-state index in [1.165, 1.54) is 47.1 Å². The van der Waals surface area contributed by atoms with Gasteiger partial charge >= 0.3 is 11.9 Å². The standard InChI is InChI=1S/C52H82N16O16S/c1-24(2)16-32(46(78)68-41(28(7)70)50(82)65-35(51(83)84)17-29-12-9-8-10-13-29)61-37(71)21-58-42(74)26(5)60-44(76)33(18-30-20-56-23-59-30)63-45(77)34(19-38(72)73)64-49(81)40(25(3)4)67-43(75)31(14-11-15-57-52(54)55)62-47(79)36(22-85)66-48(80)39(53)27(6)69/h8-10,12-13,20,23-28,31-36,39-41,69-70,85H,11,14-19,21-22,53H2,1-7H3,(H,56,59)(H,58,74)(H,60,76)(H,61,71)(H,62,79)(H,63,77)(H,64,81)(H,65,82)(H,66,80)(H,67,75)(H,68,78)(H,72,73)(H,83,84)(H4,54,55,57)/t26-,27+,28+,31-,32-,33-,34-,35-,36-,39-,40-,41-/m0/s1. The normalized spacial score (nSPS) is 15.4. The maximum Gasteiger partial charge on any atom is 0.326 e. The van der Waals surface area contributed by atoms with Gasteiger partial charge < -0.3 is 95.8 Å². The summed E-state index contributed by atoms with van der Waals surface area (Å²) in [6.45, 7) is 9.40. The van der Waals surface area contributed by atoms with Gasteiger partial charge in [-0.25, -0.2) is 9.78 Å². The molecular formula is C52H82N16O16S. The topological polar surface area (TPSA) is 525 Å². The molecule has 0 saturated carbocycles. The highest BCUT2D eigenvalue weighted by atomic mass is 32.1. The Balaban J connectivity index is 2.25. The molecule has 1 heterocycles. The van der Waals surface area contributed by atoms with Crippen LogP contribution in [0.2, 0.25) is 0 Å². The van der Waals surface area contributed by atoms with Crippen molar-refractivity contribution >= 4 is 89.6 Å². The van der Waals surface area contributed by atoms with Crippen molar-refractivity contribution in [1.29, 1.82) is 0 Å². The highest BCUT2D eigenvalue weighted by Gasteiger charge is 2.37. The Morgan fingerprint density at radius 3 is 1.69 bits per heavy atom. The van der Waals surface area contributed by atoms with Gasteiger partial charge in [0.15, 0.2) is 5.96 Å². The van der Waals surface area contributed by atoms with Crippen LogP contribution in [-0.4, -0.2) is 199 Å². The number of carboxylic acids is 2. The Morgan fingerprint density at radius 2 is 1.15 bits per heavy atom. The molecule has 0 fully saturated rings. The van der Waals surface area contributed by atoms with Gasteiger partial charge in [0.05, 0.1) is 31.5 Å². The molecule has 33 heteroatoms. The number of carbonyl (C=O) groups excluding carboxylic acids is 10. The number of nitrogens with zero attached hydrogens (tertiary/aromatic N) is 2. The molecular weight excluding hydrogens is 1140 g/mol. The van der Waals surface area contributed by atoms with Gasteiger partial charge in [-0.1, -0.05) is 58.0 Å². The van der Waals surface area contributed by atoms with Crippen molar-refractivity contribution in [3.8, 4) is 0 Å². The number of aromatic nitrogens is 2. The van der Waals surface area contributed by atoms with Crippen molar-refractivity contribution < 1.29 is 78.0 Å². The number of aliphatic imine (C=N–C) groups is 1. The van der Waals surface area contributed by atoms with Crippen LogP contribution in [0.15, 0.2) is 47.8 Å². The number of aliphatic hydroxyl groups is 2. The van der Waals surface area contributed by atoms with E-state index in [4.69, 9.17) is 17.2 Å². The molecule has 0 radical (unpaired) electrons. The fourth-order valence-electron chi connectivity index (χ4n) is 7.88. The van der Waals surface area contributed by atoms with Crippen molar-refractivity contribution in [3.63, 3.8) is 0 Å². The lowest BCUT2D eigenvalue weighted by Gasteiger charge is -2.28. The maximum atomic E-state index is 14.0. The Bertz CT molecular complexity index is 2620. The molecule has 32 nitrogen and oxygen atoms in total. The zero-order valence-electron chi connectivity index (χ0n) is 48.2. The molecule has 0 bridgehead atoms. The van der Waals surface area contributed by atoms with E-state index >= 15 is 0 Å². The van der Waals surface area contributed by atoms with Gasteiger partial charge in [-0.05, 0) is 57.4 Å². The van der Waals surface area contributed by atoms with Gasteiger partial charge in [0.25, 0.3) is 0 Å². The van der Waals surface area contributed by atoms with Crippen molar-refractivity contribution in [2.75, 3.05) is 18.8 Å². The SMILES string of the molecule is CC(C)C[C@H](NC(=O)CNC(=O)[C@H](C)NC(=O)[C@H](Cc1cnc[nH]1)NC(=O)[C@H](CC(=O)O)NC(=O)[C@@H](NC(=O)[C@H](CCCN=C(N)N)NC(=O)[C@H](CS)NC(=O)[C@@H](N)[C@@H](C)O)C(C)C)C(=O)N[C@H](C(=O)N[C@@H](Cc1ccccc1)C(=O)O)[C@@H](C)O. The van der Waals surface area contributed by atoms with Crippen LogP contribution in [0.3, 0.4) is 0 Å². The quantitative estimate of drug-likeness (QED) is 0.0130. The zero-order valence-corrected chi connectivity index (χ0v) is 49.1. The summed E-state index contributed by atoms with van der Waals surface area (Å²) in [5.74, 6) is -14.3. The number of hydrogen-bond donors (Lipinski definition) is 19. The summed E-state index contributed by atoms with van der Waals surface area (Å²) in [7, 11) is 0. The van der Waals surface area contributed by atoms with Crippen molar-refractivity contribution in [3.05, 3.63) is 54.1 Å². The molecule has 0 aliphatic rings.